The summed E-state index contributed by atoms with van der Waals surface area (Å²) in [5.74, 6) is 0.332. The smallest absolute Gasteiger partial charge is 0.317 e. The molecule has 2 heterocycles. The van der Waals surface area contributed by atoms with Crippen molar-refractivity contribution >= 4 is 17.6 Å². The molecule has 0 bridgehead atoms. The molecule has 1 unspecified atom stereocenters. The molecular weight excluding hydrogens is 471 g/mol. The molecule has 2 amide bonds. The molecule has 1 N–H and O–H groups in total. The molecule has 1 aromatic heterocycles. The third-order valence-electron chi connectivity index (χ3n) is 5.72. The van der Waals surface area contributed by atoms with E-state index in [2.05, 4.69) is 5.32 Å². The Bertz CT molecular complexity index is 1160. The molecule has 0 saturated carbocycles. The second kappa shape index (κ2) is 11.1. The molecule has 1 atom stereocenters. The average molecular weight is 501 g/mol. The zero-order chi connectivity index (χ0) is 24.9. The van der Waals surface area contributed by atoms with Gasteiger partial charge >= 0.3 is 6.03 Å². The van der Waals surface area contributed by atoms with Crippen LogP contribution in [0.3, 0.4) is 0 Å². The molecule has 1 aliphatic heterocycles. The maximum absolute atomic E-state index is 13.9. The third-order valence-corrected chi connectivity index (χ3v) is 5.97. The Morgan fingerprint density at radius 1 is 1.31 bits per heavy atom. The maximum Gasteiger partial charge on any atom is 0.317 e. The number of carbonyl (C=O) groups excluding carboxylic acids is 1. The zero-order valence-electron chi connectivity index (χ0n) is 20.1. The van der Waals surface area contributed by atoms with E-state index in [1.165, 1.54) is 12.1 Å². The fraction of sp³-hybridized carbons (Fsp3) is 0.385. The van der Waals surface area contributed by atoms with E-state index < -0.39 is 5.82 Å². The maximum atomic E-state index is 13.9. The summed E-state index contributed by atoms with van der Waals surface area (Å²) in [6.07, 6.45) is 1.86. The molecule has 3 aromatic rings. The number of amides is 2. The van der Waals surface area contributed by atoms with Crippen LogP contribution in [-0.4, -0.2) is 46.0 Å². The number of ether oxygens (including phenoxy) is 2. The summed E-state index contributed by atoms with van der Waals surface area (Å²) in [4.78, 5) is 14.8. The van der Waals surface area contributed by atoms with Crippen molar-refractivity contribution in [2.45, 2.75) is 52.3 Å². The number of nitrogens with zero attached hydrogens (tertiary/aromatic N) is 3. The number of aromatic nitrogens is 2. The predicted octanol–water partition coefficient (Wildman–Crippen LogP) is 5.86. The van der Waals surface area contributed by atoms with Crippen LogP contribution < -0.4 is 10.1 Å². The van der Waals surface area contributed by atoms with Gasteiger partial charge in [0.1, 0.15) is 11.6 Å². The van der Waals surface area contributed by atoms with Gasteiger partial charge in [-0.05, 0) is 70.0 Å². The molecule has 186 valence electrons. The molecule has 7 nitrogen and oxygen atoms in total. The first kappa shape index (κ1) is 25.0. The van der Waals surface area contributed by atoms with Gasteiger partial charge in [0.2, 0.25) is 5.88 Å². The Morgan fingerprint density at radius 2 is 2.09 bits per heavy atom. The van der Waals surface area contributed by atoms with Crippen LogP contribution >= 0.6 is 11.6 Å². The van der Waals surface area contributed by atoms with E-state index in [0.29, 0.717) is 35.5 Å². The Morgan fingerprint density at radius 3 is 2.74 bits per heavy atom. The van der Waals surface area contributed by atoms with Crippen LogP contribution in [0.5, 0.6) is 11.6 Å². The number of nitrogens with one attached hydrogen (secondary N) is 1. The van der Waals surface area contributed by atoms with Crippen LogP contribution in [0.15, 0.2) is 48.5 Å². The molecule has 1 saturated heterocycles. The Labute approximate surface area is 209 Å². The van der Waals surface area contributed by atoms with E-state index in [-0.39, 0.29) is 24.7 Å². The van der Waals surface area contributed by atoms with Crippen molar-refractivity contribution in [3.8, 4) is 17.3 Å². The van der Waals surface area contributed by atoms with Crippen molar-refractivity contribution < 1.29 is 18.7 Å². The van der Waals surface area contributed by atoms with Gasteiger partial charge in [0.05, 0.1) is 29.6 Å². The average Bonchev–Trinajstić information content (AvgIpc) is 3.42. The van der Waals surface area contributed by atoms with E-state index >= 15 is 0 Å². The molecule has 0 aliphatic carbocycles. The van der Waals surface area contributed by atoms with Crippen LogP contribution in [0.4, 0.5) is 9.18 Å². The fourth-order valence-corrected chi connectivity index (χ4v) is 4.13. The van der Waals surface area contributed by atoms with Gasteiger partial charge < -0.3 is 19.7 Å². The van der Waals surface area contributed by atoms with E-state index in [4.69, 9.17) is 26.2 Å². The lowest BCUT2D eigenvalue weighted by Crippen LogP contribution is -2.45. The molecule has 1 fully saturated rings. The molecular formula is C26H30ClFN4O3. The molecule has 1 aliphatic rings. The van der Waals surface area contributed by atoms with Gasteiger partial charge in [0, 0.05) is 30.3 Å². The van der Waals surface area contributed by atoms with Crippen LogP contribution in [0.2, 0.25) is 5.02 Å². The minimum absolute atomic E-state index is 0.0181. The lowest BCUT2D eigenvalue weighted by Gasteiger charge is -2.27. The van der Waals surface area contributed by atoms with E-state index in [1.807, 2.05) is 32.9 Å². The highest BCUT2D eigenvalue weighted by molar-refractivity contribution is 6.30. The first-order valence-electron chi connectivity index (χ1n) is 11.7. The normalized spacial score (nSPS) is 15.4. The molecule has 4 rings (SSSR count). The summed E-state index contributed by atoms with van der Waals surface area (Å²) < 4.78 is 27.6. The number of hydrogen-bond acceptors (Lipinski definition) is 4. The predicted molar refractivity (Wildman–Crippen MR) is 133 cm³/mol. The van der Waals surface area contributed by atoms with E-state index in [0.717, 1.165) is 24.1 Å². The van der Waals surface area contributed by atoms with Crippen LogP contribution in [0, 0.1) is 12.7 Å². The summed E-state index contributed by atoms with van der Waals surface area (Å²) >= 11 is 6.08. The van der Waals surface area contributed by atoms with E-state index in [9.17, 15) is 9.18 Å². The van der Waals surface area contributed by atoms with Crippen molar-refractivity contribution in [2.75, 3.05) is 13.2 Å². The van der Waals surface area contributed by atoms with Crippen LogP contribution in [0.1, 0.15) is 37.9 Å². The quantitative estimate of drug-likeness (QED) is 0.420. The highest BCUT2D eigenvalue weighted by atomic mass is 35.5. The Balaban J connectivity index is 1.73. The monoisotopic (exact) mass is 500 g/mol. The number of rotatable bonds is 8. The summed E-state index contributed by atoms with van der Waals surface area (Å²) in [6, 6.07) is 12.9. The van der Waals surface area contributed by atoms with Crippen molar-refractivity contribution in [3.05, 3.63) is 70.6 Å². The lowest BCUT2D eigenvalue weighted by atomic mass is 10.2. The second-order valence-electron chi connectivity index (χ2n) is 8.94. The second-order valence-corrected chi connectivity index (χ2v) is 9.37. The minimum atomic E-state index is -0.408. The number of benzene rings is 2. The summed E-state index contributed by atoms with van der Waals surface area (Å²) in [6.45, 7) is 7.11. The number of urea groups is 1. The minimum Gasteiger partial charge on any atom is -0.438 e. The molecule has 0 radical (unpaired) electrons. The summed E-state index contributed by atoms with van der Waals surface area (Å²) in [5.41, 5.74) is 2.15. The highest BCUT2D eigenvalue weighted by Gasteiger charge is 2.27. The Kier molecular flexibility index (Phi) is 7.93. The van der Waals surface area contributed by atoms with Crippen molar-refractivity contribution in [2.24, 2.45) is 0 Å². The lowest BCUT2D eigenvalue weighted by molar-refractivity contribution is 0.0789. The topological polar surface area (TPSA) is 68.6 Å². The fourth-order valence-electron chi connectivity index (χ4n) is 4.01. The van der Waals surface area contributed by atoms with Gasteiger partial charge in [-0.25, -0.2) is 13.9 Å². The van der Waals surface area contributed by atoms with Gasteiger partial charge in [0.15, 0.2) is 0 Å². The molecule has 2 aromatic carbocycles. The van der Waals surface area contributed by atoms with Gasteiger partial charge in [0.25, 0.3) is 0 Å². The molecule has 9 heteroatoms. The third kappa shape index (κ3) is 6.32. The van der Waals surface area contributed by atoms with Gasteiger partial charge in [-0.3, -0.25) is 0 Å². The van der Waals surface area contributed by atoms with Crippen molar-refractivity contribution in [1.82, 2.24) is 20.0 Å². The van der Waals surface area contributed by atoms with Crippen molar-refractivity contribution in [3.63, 3.8) is 0 Å². The zero-order valence-corrected chi connectivity index (χ0v) is 20.9. The molecule has 0 spiro atoms. The van der Waals surface area contributed by atoms with Crippen molar-refractivity contribution in [1.29, 1.82) is 0 Å². The Hall–Kier alpha value is -3.10. The summed E-state index contributed by atoms with van der Waals surface area (Å²) in [5, 5.41) is 8.27. The molecule has 35 heavy (non-hydrogen) atoms. The number of aryl methyl sites for hydroxylation is 1. The number of halogens is 2. The van der Waals surface area contributed by atoms with Gasteiger partial charge in [-0.2, -0.15) is 5.10 Å². The van der Waals surface area contributed by atoms with Crippen LogP contribution in [-0.2, 0) is 11.3 Å². The SMILES string of the molecule is Cc1nn(-c2ccc(Cl)cc2)c(Oc2cccc(F)c2)c1CN(CC1CCCO1)C(=O)NC(C)C. The van der Waals surface area contributed by atoms with Gasteiger partial charge in [-0.15, -0.1) is 0 Å². The highest BCUT2D eigenvalue weighted by Crippen LogP contribution is 2.32. The van der Waals surface area contributed by atoms with Crippen LogP contribution in [0.25, 0.3) is 5.69 Å². The van der Waals surface area contributed by atoms with Gasteiger partial charge in [-0.1, -0.05) is 17.7 Å². The number of hydrogen-bond donors (Lipinski definition) is 1. The number of carbonyl (C=O) groups is 1. The first-order valence-corrected chi connectivity index (χ1v) is 12.1. The van der Waals surface area contributed by atoms with E-state index in [1.54, 1.807) is 33.8 Å². The summed E-state index contributed by atoms with van der Waals surface area (Å²) in [7, 11) is 0. The first-order chi connectivity index (χ1) is 16.8. The standard InChI is InChI=1S/C26H30ClFN4O3/c1-17(2)29-26(33)31(15-23-8-5-13-34-23)16-24-18(3)30-32(21-11-9-19(27)10-12-21)25(24)35-22-7-4-6-20(28)14-22/h4,6-7,9-12,14,17,23H,5,8,13,15-16H2,1-3H3,(H,29,33). The largest absolute Gasteiger partial charge is 0.438 e.